The molecule has 0 aliphatic carbocycles. The largest absolute Gasteiger partial charge is 0.462 e. The summed E-state index contributed by atoms with van der Waals surface area (Å²) in [6.45, 7) is 12.5. The standard InChI is InChI=1S/C29H35N5O4S/c1-6-15-34-26(25(19(3)4)31-27(36)21-13-11-20(5)12-14-21)32-33-29(34)39-18-24(35)30-23-10-8-9-22(17-23)28(37)38-16-7-2/h6,8-14,17,19,25H,1,7,15-16,18H2,2-5H3,(H,30,35)(H,31,36)/t25-/m0/s1. The Labute approximate surface area is 233 Å². The highest BCUT2D eigenvalue weighted by Gasteiger charge is 2.26. The number of hydrogen-bond acceptors (Lipinski definition) is 7. The number of aryl methyl sites for hydroxylation is 1. The average molecular weight is 550 g/mol. The third-order valence-electron chi connectivity index (χ3n) is 5.75. The topological polar surface area (TPSA) is 115 Å². The van der Waals surface area contributed by atoms with Gasteiger partial charge >= 0.3 is 5.97 Å². The maximum Gasteiger partial charge on any atom is 0.338 e. The Hall–Kier alpha value is -3.92. The minimum Gasteiger partial charge on any atom is -0.462 e. The van der Waals surface area contributed by atoms with Gasteiger partial charge in [-0.2, -0.15) is 0 Å². The molecule has 2 N–H and O–H groups in total. The number of carbonyl (C=O) groups excluding carboxylic acids is 3. The van der Waals surface area contributed by atoms with Gasteiger partial charge in [-0.25, -0.2) is 4.79 Å². The lowest BCUT2D eigenvalue weighted by atomic mass is 10.0. The molecule has 2 aromatic carbocycles. The van der Waals surface area contributed by atoms with Crippen LogP contribution in [0.4, 0.5) is 5.69 Å². The summed E-state index contributed by atoms with van der Waals surface area (Å²) >= 11 is 1.23. The number of anilines is 1. The lowest BCUT2D eigenvalue weighted by molar-refractivity contribution is -0.113. The van der Waals surface area contributed by atoms with Crippen molar-refractivity contribution in [2.24, 2.45) is 5.92 Å². The van der Waals surface area contributed by atoms with Crippen molar-refractivity contribution in [2.45, 2.75) is 51.9 Å². The van der Waals surface area contributed by atoms with Crippen LogP contribution in [0.15, 0.2) is 66.3 Å². The number of ether oxygens (including phenoxy) is 1. The third kappa shape index (κ3) is 8.28. The van der Waals surface area contributed by atoms with E-state index in [-0.39, 0.29) is 23.5 Å². The second kappa shape index (κ2) is 14.3. The summed E-state index contributed by atoms with van der Waals surface area (Å²) in [5.74, 6) is -0.196. The van der Waals surface area contributed by atoms with Crippen molar-refractivity contribution in [3.63, 3.8) is 0 Å². The summed E-state index contributed by atoms with van der Waals surface area (Å²) in [5.41, 5.74) is 2.51. The number of hydrogen-bond donors (Lipinski definition) is 2. The number of rotatable bonds is 13. The van der Waals surface area contributed by atoms with E-state index in [2.05, 4.69) is 27.4 Å². The molecule has 1 atom stereocenters. The Kier molecular flexibility index (Phi) is 10.9. The first kappa shape index (κ1) is 29.6. The number of benzene rings is 2. The molecule has 0 unspecified atom stereocenters. The molecular formula is C29H35N5O4S. The first-order chi connectivity index (χ1) is 18.7. The molecule has 3 rings (SSSR count). The van der Waals surface area contributed by atoms with Crippen molar-refractivity contribution >= 4 is 35.2 Å². The molecule has 2 amide bonds. The van der Waals surface area contributed by atoms with Crippen LogP contribution in [0.2, 0.25) is 0 Å². The summed E-state index contributed by atoms with van der Waals surface area (Å²) in [6.07, 6.45) is 2.45. The van der Waals surface area contributed by atoms with Gasteiger partial charge < -0.3 is 19.9 Å². The molecule has 3 aromatic rings. The zero-order chi connectivity index (χ0) is 28.4. The maximum atomic E-state index is 13.0. The summed E-state index contributed by atoms with van der Waals surface area (Å²) < 4.78 is 7.02. The summed E-state index contributed by atoms with van der Waals surface area (Å²) in [7, 11) is 0. The molecule has 0 aliphatic rings. The Morgan fingerprint density at radius 3 is 2.51 bits per heavy atom. The van der Waals surface area contributed by atoms with Crippen LogP contribution in [0.3, 0.4) is 0 Å². The van der Waals surface area contributed by atoms with E-state index >= 15 is 0 Å². The first-order valence-corrected chi connectivity index (χ1v) is 13.8. The molecule has 0 saturated heterocycles. The molecule has 0 radical (unpaired) electrons. The molecule has 10 heteroatoms. The van der Waals surface area contributed by atoms with E-state index in [0.717, 1.165) is 12.0 Å². The van der Waals surface area contributed by atoms with Crippen LogP contribution in [0, 0.1) is 12.8 Å². The highest BCUT2D eigenvalue weighted by Crippen LogP contribution is 2.26. The summed E-state index contributed by atoms with van der Waals surface area (Å²) in [5, 5.41) is 15.1. The minimum absolute atomic E-state index is 0.0320. The number of esters is 1. The number of thioether (sulfide) groups is 1. The van der Waals surface area contributed by atoms with Crippen molar-refractivity contribution < 1.29 is 19.1 Å². The number of aromatic nitrogens is 3. The van der Waals surface area contributed by atoms with Gasteiger partial charge in [0, 0.05) is 17.8 Å². The minimum atomic E-state index is -0.429. The number of nitrogens with one attached hydrogen (secondary N) is 2. The summed E-state index contributed by atoms with van der Waals surface area (Å²) in [4.78, 5) is 37.8. The van der Waals surface area contributed by atoms with E-state index < -0.39 is 12.0 Å². The van der Waals surface area contributed by atoms with Gasteiger partial charge in [0.05, 0.1) is 24.0 Å². The SMILES string of the molecule is C=CCn1c(SCC(=O)Nc2cccc(C(=O)OCCC)c2)nnc1[C@@H](NC(=O)c1ccc(C)cc1)C(C)C. The molecule has 0 spiro atoms. The zero-order valence-corrected chi connectivity index (χ0v) is 23.6. The lowest BCUT2D eigenvalue weighted by Crippen LogP contribution is -2.33. The van der Waals surface area contributed by atoms with E-state index in [1.54, 1.807) is 42.5 Å². The van der Waals surface area contributed by atoms with Crippen molar-refractivity contribution in [3.05, 3.63) is 83.7 Å². The maximum absolute atomic E-state index is 13.0. The Balaban J connectivity index is 1.70. The van der Waals surface area contributed by atoms with E-state index in [9.17, 15) is 14.4 Å². The fourth-order valence-electron chi connectivity index (χ4n) is 3.73. The zero-order valence-electron chi connectivity index (χ0n) is 22.8. The average Bonchev–Trinajstić information content (AvgIpc) is 3.31. The van der Waals surface area contributed by atoms with Gasteiger partial charge in [0.1, 0.15) is 0 Å². The van der Waals surface area contributed by atoms with Gasteiger partial charge in [0.15, 0.2) is 11.0 Å². The smallest absolute Gasteiger partial charge is 0.338 e. The van der Waals surface area contributed by atoms with Crippen LogP contribution in [0.25, 0.3) is 0 Å². The molecular weight excluding hydrogens is 514 g/mol. The fourth-order valence-corrected chi connectivity index (χ4v) is 4.48. The Morgan fingerprint density at radius 1 is 1.10 bits per heavy atom. The van der Waals surface area contributed by atoms with Gasteiger partial charge in [-0.3, -0.25) is 9.59 Å². The van der Waals surface area contributed by atoms with Crippen LogP contribution in [0.1, 0.15) is 65.3 Å². The monoisotopic (exact) mass is 549 g/mol. The van der Waals surface area contributed by atoms with Gasteiger partial charge in [0.25, 0.3) is 5.91 Å². The van der Waals surface area contributed by atoms with Crippen LogP contribution in [-0.4, -0.2) is 44.9 Å². The van der Waals surface area contributed by atoms with Gasteiger partial charge in [-0.05, 0) is 49.6 Å². The van der Waals surface area contributed by atoms with Crippen molar-refractivity contribution in [1.29, 1.82) is 0 Å². The van der Waals surface area contributed by atoms with Gasteiger partial charge in [-0.15, -0.1) is 16.8 Å². The molecule has 39 heavy (non-hydrogen) atoms. The highest BCUT2D eigenvalue weighted by molar-refractivity contribution is 7.99. The number of allylic oxidation sites excluding steroid dienone is 1. The van der Waals surface area contributed by atoms with E-state index in [0.29, 0.717) is 40.9 Å². The molecule has 9 nitrogen and oxygen atoms in total. The van der Waals surface area contributed by atoms with Crippen LogP contribution >= 0.6 is 11.8 Å². The lowest BCUT2D eigenvalue weighted by Gasteiger charge is -2.22. The van der Waals surface area contributed by atoms with Gasteiger partial charge in [-0.1, -0.05) is 62.4 Å². The predicted octanol–water partition coefficient (Wildman–Crippen LogP) is 5.20. The van der Waals surface area contributed by atoms with Crippen LogP contribution in [-0.2, 0) is 16.1 Å². The van der Waals surface area contributed by atoms with Crippen molar-refractivity contribution in [1.82, 2.24) is 20.1 Å². The quantitative estimate of drug-likeness (QED) is 0.171. The Morgan fingerprint density at radius 2 is 1.85 bits per heavy atom. The van der Waals surface area contributed by atoms with Gasteiger partial charge in [0.2, 0.25) is 5.91 Å². The van der Waals surface area contributed by atoms with E-state index in [4.69, 9.17) is 4.74 Å². The summed E-state index contributed by atoms with van der Waals surface area (Å²) in [6, 6.07) is 13.6. The molecule has 1 heterocycles. The second-order valence-corrected chi connectivity index (χ2v) is 10.3. The molecule has 0 aliphatic heterocycles. The number of amides is 2. The Bertz CT molecular complexity index is 1300. The first-order valence-electron chi connectivity index (χ1n) is 12.8. The van der Waals surface area contributed by atoms with Crippen LogP contribution < -0.4 is 10.6 Å². The number of carbonyl (C=O) groups is 3. The van der Waals surface area contributed by atoms with Crippen LogP contribution in [0.5, 0.6) is 0 Å². The third-order valence-corrected chi connectivity index (χ3v) is 6.72. The second-order valence-electron chi connectivity index (χ2n) is 9.35. The highest BCUT2D eigenvalue weighted by atomic mass is 32.2. The fraction of sp³-hybridized carbons (Fsp3) is 0.345. The molecule has 0 saturated carbocycles. The van der Waals surface area contributed by atoms with Crippen molar-refractivity contribution in [2.75, 3.05) is 17.7 Å². The molecule has 1 aromatic heterocycles. The van der Waals surface area contributed by atoms with E-state index in [1.165, 1.54) is 11.8 Å². The van der Waals surface area contributed by atoms with E-state index in [1.807, 2.05) is 44.4 Å². The molecule has 0 bridgehead atoms. The normalized spacial score (nSPS) is 11.6. The molecule has 206 valence electrons. The van der Waals surface area contributed by atoms with Crippen molar-refractivity contribution in [3.8, 4) is 0 Å². The number of nitrogens with zero attached hydrogens (tertiary/aromatic N) is 3. The molecule has 0 fully saturated rings. The predicted molar refractivity (Wildman–Crippen MR) is 153 cm³/mol.